The first kappa shape index (κ1) is 16.9. The lowest BCUT2D eigenvalue weighted by Crippen LogP contribution is -3.08. The number of carbonyl (C=O) groups excluding carboxylic acids is 1. The molecule has 2 N–H and O–H groups in total. The minimum absolute atomic E-state index is 0.127. The molecule has 0 saturated carbocycles. The topological polar surface area (TPSA) is 52.0 Å². The van der Waals surface area contributed by atoms with Gasteiger partial charge in [-0.2, -0.15) is 0 Å². The zero-order valence-electron chi connectivity index (χ0n) is 13.1. The van der Waals surface area contributed by atoms with Gasteiger partial charge in [0.05, 0.1) is 17.8 Å². The highest BCUT2D eigenvalue weighted by Gasteiger charge is 2.16. The molecule has 0 aromatic heterocycles. The van der Waals surface area contributed by atoms with Crippen molar-refractivity contribution in [2.45, 2.75) is 6.54 Å². The Labute approximate surface area is 150 Å². The average molecular weight is 368 g/mol. The summed E-state index contributed by atoms with van der Waals surface area (Å²) in [4.78, 5) is 13.2. The Kier molecular flexibility index (Phi) is 5.14. The number of anilines is 1. The third-order valence-corrected chi connectivity index (χ3v) is 4.17. The second-order valence-electron chi connectivity index (χ2n) is 5.67. The normalized spacial score (nSPS) is 13.6. The van der Waals surface area contributed by atoms with Crippen LogP contribution in [0.4, 0.5) is 5.69 Å². The molecule has 1 aliphatic heterocycles. The molecule has 7 heteroatoms. The maximum Gasteiger partial charge on any atom is 0.279 e. The first-order valence-corrected chi connectivity index (χ1v) is 8.21. The zero-order chi connectivity index (χ0) is 17.1. The number of ether oxygens (including phenoxy) is 2. The van der Waals surface area contributed by atoms with Crippen molar-refractivity contribution in [1.82, 2.24) is 0 Å². The van der Waals surface area contributed by atoms with E-state index >= 15 is 0 Å². The van der Waals surface area contributed by atoms with Gasteiger partial charge in [0.25, 0.3) is 5.91 Å². The molecule has 1 unspecified atom stereocenters. The van der Waals surface area contributed by atoms with Crippen LogP contribution in [0.5, 0.6) is 11.5 Å². The van der Waals surface area contributed by atoms with E-state index in [0.717, 1.165) is 22.0 Å². The van der Waals surface area contributed by atoms with Gasteiger partial charge >= 0.3 is 0 Å². The smallest absolute Gasteiger partial charge is 0.279 e. The van der Waals surface area contributed by atoms with Crippen molar-refractivity contribution in [1.29, 1.82) is 0 Å². The molecule has 0 bridgehead atoms. The first-order valence-electron chi connectivity index (χ1n) is 7.46. The van der Waals surface area contributed by atoms with Crippen molar-refractivity contribution in [3.8, 4) is 11.5 Å². The maximum absolute atomic E-state index is 12.2. The van der Waals surface area contributed by atoms with Gasteiger partial charge in [-0.15, -0.1) is 0 Å². The number of amides is 1. The van der Waals surface area contributed by atoms with Crippen molar-refractivity contribution in [3.63, 3.8) is 0 Å². The SMILES string of the molecule is C[NH+](CC(=O)Nc1cc(Cl)ccc1Cl)Cc1ccc2c(c1)OCO2. The molecular formula is C17H17Cl2N2O3+. The molecule has 2 aromatic rings. The quantitative estimate of drug-likeness (QED) is 0.852. The van der Waals surface area contributed by atoms with Gasteiger partial charge in [-0.05, 0) is 36.4 Å². The molecule has 1 amide bonds. The molecule has 2 aromatic carbocycles. The largest absolute Gasteiger partial charge is 0.454 e. The molecule has 0 saturated heterocycles. The van der Waals surface area contributed by atoms with Crippen LogP contribution in [-0.4, -0.2) is 26.3 Å². The Balaban J connectivity index is 1.57. The summed E-state index contributed by atoms with van der Waals surface area (Å²) in [5.74, 6) is 1.37. The van der Waals surface area contributed by atoms with Crippen LogP contribution in [-0.2, 0) is 11.3 Å². The number of hydrogen-bond acceptors (Lipinski definition) is 3. The highest BCUT2D eigenvalue weighted by atomic mass is 35.5. The Hall–Kier alpha value is -1.95. The number of quaternary nitrogens is 1. The minimum Gasteiger partial charge on any atom is -0.454 e. The van der Waals surface area contributed by atoms with Crippen molar-refractivity contribution in [3.05, 3.63) is 52.0 Å². The lowest BCUT2D eigenvalue weighted by molar-refractivity contribution is -0.885. The second kappa shape index (κ2) is 7.30. The van der Waals surface area contributed by atoms with Crippen LogP contribution >= 0.6 is 23.2 Å². The van der Waals surface area contributed by atoms with E-state index in [4.69, 9.17) is 32.7 Å². The molecule has 126 valence electrons. The van der Waals surface area contributed by atoms with E-state index in [-0.39, 0.29) is 12.7 Å². The summed E-state index contributed by atoms with van der Waals surface area (Å²) in [6, 6.07) is 10.8. The van der Waals surface area contributed by atoms with Crippen molar-refractivity contribution in [2.24, 2.45) is 0 Å². The molecule has 3 rings (SSSR count). The molecular weight excluding hydrogens is 351 g/mol. The summed E-state index contributed by atoms with van der Waals surface area (Å²) in [6.07, 6.45) is 0. The fourth-order valence-electron chi connectivity index (χ4n) is 2.52. The molecule has 0 aliphatic carbocycles. The molecule has 1 atom stereocenters. The second-order valence-corrected chi connectivity index (χ2v) is 6.51. The number of fused-ring (bicyclic) bond motifs is 1. The number of halogens is 2. The van der Waals surface area contributed by atoms with Gasteiger partial charge in [-0.1, -0.05) is 23.2 Å². The molecule has 0 spiro atoms. The van der Waals surface area contributed by atoms with E-state index in [1.807, 2.05) is 25.2 Å². The maximum atomic E-state index is 12.2. The van der Waals surface area contributed by atoms with Crippen molar-refractivity contribution >= 4 is 34.8 Å². The summed E-state index contributed by atoms with van der Waals surface area (Å²) >= 11 is 12.0. The summed E-state index contributed by atoms with van der Waals surface area (Å²) in [6.45, 7) is 1.24. The zero-order valence-corrected chi connectivity index (χ0v) is 14.6. The predicted molar refractivity (Wildman–Crippen MR) is 93.1 cm³/mol. The third-order valence-electron chi connectivity index (χ3n) is 3.61. The number of carbonyl (C=O) groups is 1. The van der Waals surface area contributed by atoms with E-state index in [1.165, 1.54) is 0 Å². The molecule has 0 fully saturated rings. The number of hydrogen-bond donors (Lipinski definition) is 2. The summed E-state index contributed by atoms with van der Waals surface area (Å²) < 4.78 is 10.7. The molecule has 0 radical (unpaired) electrons. The van der Waals surface area contributed by atoms with Gasteiger partial charge in [-0.3, -0.25) is 4.79 Å². The fraction of sp³-hybridized carbons (Fsp3) is 0.235. The van der Waals surface area contributed by atoms with Crippen molar-refractivity contribution in [2.75, 3.05) is 25.7 Å². The van der Waals surface area contributed by atoms with E-state index in [0.29, 0.717) is 28.8 Å². The monoisotopic (exact) mass is 367 g/mol. The lowest BCUT2D eigenvalue weighted by Gasteiger charge is -2.14. The fourth-order valence-corrected chi connectivity index (χ4v) is 2.86. The summed E-state index contributed by atoms with van der Waals surface area (Å²) in [5, 5.41) is 3.77. The standard InChI is InChI=1S/C17H16Cl2N2O3/c1-21(8-11-2-5-15-16(6-11)24-10-23-15)9-17(22)20-14-7-12(18)3-4-13(14)19/h2-7H,8-10H2,1H3,(H,20,22)/p+1. The number of nitrogens with one attached hydrogen (secondary N) is 2. The van der Waals surface area contributed by atoms with Crippen LogP contribution in [0.1, 0.15) is 5.56 Å². The number of benzene rings is 2. The van der Waals surface area contributed by atoms with Crippen LogP contribution < -0.4 is 19.7 Å². The van der Waals surface area contributed by atoms with Crippen LogP contribution in [0.2, 0.25) is 10.0 Å². The number of likely N-dealkylation sites (N-methyl/N-ethyl adjacent to an activating group) is 1. The summed E-state index contributed by atoms with van der Waals surface area (Å²) in [5.41, 5.74) is 1.59. The highest BCUT2D eigenvalue weighted by molar-refractivity contribution is 6.35. The predicted octanol–water partition coefficient (Wildman–Crippen LogP) is 2.38. The molecule has 5 nitrogen and oxygen atoms in total. The van der Waals surface area contributed by atoms with Crippen LogP contribution in [0, 0.1) is 0 Å². The van der Waals surface area contributed by atoms with Gasteiger partial charge in [0.2, 0.25) is 6.79 Å². The van der Waals surface area contributed by atoms with Crippen LogP contribution in [0.3, 0.4) is 0 Å². The Bertz CT molecular complexity index is 767. The molecule has 1 aliphatic rings. The third kappa shape index (κ3) is 4.12. The lowest BCUT2D eigenvalue weighted by atomic mass is 10.2. The first-order chi connectivity index (χ1) is 11.5. The van der Waals surface area contributed by atoms with Gasteiger partial charge < -0.3 is 19.7 Å². The Morgan fingerprint density at radius 2 is 1.96 bits per heavy atom. The molecule has 1 heterocycles. The van der Waals surface area contributed by atoms with Crippen LogP contribution in [0.15, 0.2) is 36.4 Å². The van der Waals surface area contributed by atoms with E-state index in [1.54, 1.807) is 18.2 Å². The highest BCUT2D eigenvalue weighted by Crippen LogP contribution is 2.32. The van der Waals surface area contributed by atoms with Gasteiger partial charge in [0.15, 0.2) is 18.0 Å². The van der Waals surface area contributed by atoms with Gasteiger partial charge in [0.1, 0.15) is 6.54 Å². The van der Waals surface area contributed by atoms with Crippen molar-refractivity contribution < 1.29 is 19.2 Å². The van der Waals surface area contributed by atoms with E-state index in [9.17, 15) is 4.79 Å². The van der Waals surface area contributed by atoms with E-state index in [2.05, 4.69) is 5.32 Å². The molecule has 24 heavy (non-hydrogen) atoms. The number of rotatable bonds is 5. The summed E-state index contributed by atoms with van der Waals surface area (Å²) in [7, 11) is 1.95. The van der Waals surface area contributed by atoms with Crippen LogP contribution in [0.25, 0.3) is 0 Å². The van der Waals surface area contributed by atoms with E-state index < -0.39 is 0 Å². The Morgan fingerprint density at radius 1 is 1.17 bits per heavy atom. The Morgan fingerprint density at radius 3 is 2.79 bits per heavy atom. The van der Waals surface area contributed by atoms with Gasteiger partial charge in [0, 0.05) is 10.6 Å². The van der Waals surface area contributed by atoms with Gasteiger partial charge in [-0.25, -0.2) is 0 Å². The average Bonchev–Trinajstić information content (AvgIpc) is 2.98. The minimum atomic E-state index is -0.127.